The molecular weight excluding hydrogens is 348 g/mol. The van der Waals surface area contributed by atoms with Crippen LogP contribution in [0.4, 0.5) is 0 Å². The molecule has 3 rings (SSSR count). The van der Waals surface area contributed by atoms with E-state index in [1.165, 1.54) is 12.1 Å². The van der Waals surface area contributed by atoms with E-state index in [2.05, 4.69) is 0 Å². The van der Waals surface area contributed by atoms with Crippen molar-refractivity contribution in [2.45, 2.75) is 26.9 Å². The van der Waals surface area contributed by atoms with Gasteiger partial charge in [0.1, 0.15) is 23.7 Å². The van der Waals surface area contributed by atoms with Gasteiger partial charge in [0.25, 0.3) is 0 Å². The molecular formula is C21H20O6. The molecule has 27 heavy (non-hydrogen) atoms. The number of carbonyl (C=O) groups is 1. The summed E-state index contributed by atoms with van der Waals surface area (Å²) in [5.74, 6) is 0.334. The van der Waals surface area contributed by atoms with Gasteiger partial charge in [-0.05, 0) is 37.6 Å². The molecule has 0 unspecified atom stereocenters. The summed E-state index contributed by atoms with van der Waals surface area (Å²) < 4.78 is 16.0. The second kappa shape index (κ2) is 7.95. The Morgan fingerprint density at radius 1 is 1.15 bits per heavy atom. The van der Waals surface area contributed by atoms with Crippen LogP contribution in [0.5, 0.6) is 11.5 Å². The van der Waals surface area contributed by atoms with Crippen molar-refractivity contribution < 1.29 is 23.8 Å². The van der Waals surface area contributed by atoms with Crippen LogP contribution >= 0.6 is 0 Å². The SMILES string of the molecule is Cc1ccccc1OCCC(=O)OCc1cc(=O)oc2c(C)c(O)ccc12. The summed E-state index contributed by atoms with van der Waals surface area (Å²) in [5, 5.41) is 10.4. The number of aromatic hydroxyl groups is 1. The van der Waals surface area contributed by atoms with Gasteiger partial charge in [-0.3, -0.25) is 4.79 Å². The Bertz CT molecular complexity index is 1030. The number of rotatable bonds is 6. The van der Waals surface area contributed by atoms with Crippen LogP contribution in [0, 0.1) is 13.8 Å². The van der Waals surface area contributed by atoms with E-state index in [4.69, 9.17) is 13.9 Å². The smallest absolute Gasteiger partial charge is 0.336 e. The van der Waals surface area contributed by atoms with Gasteiger partial charge in [0, 0.05) is 22.6 Å². The Balaban J connectivity index is 1.63. The first kappa shape index (κ1) is 18.5. The number of phenolic OH excluding ortho intramolecular Hbond substituents is 1. The number of ether oxygens (including phenoxy) is 2. The standard InChI is InChI=1S/C21H20O6/c1-13-5-3-4-6-18(13)25-10-9-19(23)26-12-15-11-20(24)27-21-14(2)17(22)8-7-16(15)21/h3-8,11,22H,9-10,12H2,1-2H3. The number of aryl methyl sites for hydroxylation is 2. The van der Waals surface area contributed by atoms with E-state index < -0.39 is 11.6 Å². The van der Waals surface area contributed by atoms with Gasteiger partial charge in [0.15, 0.2) is 0 Å². The number of carbonyl (C=O) groups excluding carboxylic acids is 1. The fourth-order valence-electron chi connectivity index (χ4n) is 2.73. The maximum atomic E-state index is 12.0. The van der Waals surface area contributed by atoms with E-state index in [1.54, 1.807) is 13.0 Å². The molecule has 0 amide bonds. The second-order valence-corrected chi connectivity index (χ2v) is 6.20. The first-order chi connectivity index (χ1) is 13.0. The zero-order valence-electron chi connectivity index (χ0n) is 15.2. The molecule has 2 aromatic carbocycles. The van der Waals surface area contributed by atoms with E-state index >= 15 is 0 Å². The van der Waals surface area contributed by atoms with Crippen molar-refractivity contribution in [1.29, 1.82) is 0 Å². The van der Waals surface area contributed by atoms with Gasteiger partial charge in [0.2, 0.25) is 0 Å². The minimum Gasteiger partial charge on any atom is -0.508 e. The summed E-state index contributed by atoms with van der Waals surface area (Å²) in [6, 6.07) is 12.0. The zero-order chi connectivity index (χ0) is 19.4. The van der Waals surface area contributed by atoms with Crippen molar-refractivity contribution in [2.24, 2.45) is 0 Å². The number of hydrogen-bond donors (Lipinski definition) is 1. The van der Waals surface area contributed by atoms with E-state index in [1.807, 2.05) is 31.2 Å². The first-order valence-corrected chi connectivity index (χ1v) is 8.55. The maximum absolute atomic E-state index is 12.0. The lowest BCUT2D eigenvalue weighted by Crippen LogP contribution is -2.11. The van der Waals surface area contributed by atoms with Crippen LogP contribution < -0.4 is 10.4 Å². The lowest BCUT2D eigenvalue weighted by Gasteiger charge is -2.10. The van der Waals surface area contributed by atoms with Crippen molar-refractivity contribution in [3.63, 3.8) is 0 Å². The maximum Gasteiger partial charge on any atom is 0.336 e. The van der Waals surface area contributed by atoms with Crippen LogP contribution in [0.2, 0.25) is 0 Å². The van der Waals surface area contributed by atoms with Gasteiger partial charge >= 0.3 is 11.6 Å². The van der Waals surface area contributed by atoms with Crippen molar-refractivity contribution >= 4 is 16.9 Å². The summed E-state index contributed by atoms with van der Waals surface area (Å²) in [6.45, 7) is 3.72. The average molecular weight is 368 g/mol. The molecule has 0 spiro atoms. The van der Waals surface area contributed by atoms with E-state index in [-0.39, 0.29) is 31.0 Å². The van der Waals surface area contributed by atoms with Gasteiger partial charge in [0.05, 0.1) is 13.0 Å². The third-order valence-electron chi connectivity index (χ3n) is 4.26. The topological polar surface area (TPSA) is 86.0 Å². The number of para-hydroxylation sites is 1. The predicted molar refractivity (Wildman–Crippen MR) is 100.0 cm³/mol. The fraction of sp³-hybridized carbons (Fsp3) is 0.238. The minimum absolute atomic E-state index is 0.0353. The number of hydrogen-bond acceptors (Lipinski definition) is 6. The Morgan fingerprint density at radius 3 is 2.70 bits per heavy atom. The molecule has 0 saturated carbocycles. The van der Waals surface area contributed by atoms with Crippen molar-refractivity contribution in [3.05, 3.63) is 69.6 Å². The Labute approximate surface area is 156 Å². The molecule has 0 radical (unpaired) electrons. The van der Waals surface area contributed by atoms with Crippen LogP contribution in [0.15, 0.2) is 51.7 Å². The van der Waals surface area contributed by atoms with Crippen LogP contribution in [0.1, 0.15) is 23.1 Å². The average Bonchev–Trinajstić information content (AvgIpc) is 2.64. The molecule has 0 aliphatic heterocycles. The summed E-state index contributed by atoms with van der Waals surface area (Å²) >= 11 is 0. The minimum atomic E-state index is -0.565. The summed E-state index contributed by atoms with van der Waals surface area (Å²) in [6.07, 6.45) is 0.0908. The monoisotopic (exact) mass is 368 g/mol. The molecule has 0 saturated heterocycles. The van der Waals surface area contributed by atoms with E-state index in [0.717, 1.165) is 11.3 Å². The van der Waals surface area contributed by atoms with Gasteiger partial charge in [-0.2, -0.15) is 0 Å². The highest BCUT2D eigenvalue weighted by atomic mass is 16.5. The van der Waals surface area contributed by atoms with Crippen LogP contribution in [-0.2, 0) is 16.1 Å². The normalized spacial score (nSPS) is 10.7. The Hall–Kier alpha value is -3.28. The molecule has 0 atom stereocenters. The number of fused-ring (bicyclic) bond motifs is 1. The van der Waals surface area contributed by atoms with E-state index in [0.29, 0.717) is 16.5 Å². The molecule has 6 nitrogen and oxygen atoms in total. The molecule has 140 valence electrons. The Morgan fingerprint density at radius 2 is 1.93 bits per heavy atom. The molecule has 0 aliphatic rings. The van der Waals surface area contributed by atoms with E-state index in [9.17, 15) is 14.7 Å². The van der Waals surface area contributed by atoms with Crippen LogP contribution in [0.3, 0.4) is 0 Å². The molecule has 0 bridgehead atoms. The van der Waals surface area contributed by atoms with Crippen molar-refractivity contribution in [2.75, 3.05) is 6.61 Å². The first-order valence-electron chi connectivity index (χ1n) is 8.55. The number of esters is 1. The molecule has 1 aromatic heterocycles. The van der Waals surface area contributed by atoms with Crippen LogP contribution in [-0.4, -0.2) is 17.7 Å². The molecule has 1 N–H and O–H groups in total. The van der Waals surface area contributed by atoms with Gasteiger partial charge in [-0.25, -0.2) is 4.79 Å². The Kier molecular flexibility index (Phi) is 5.45. The predicted octanol–water partition coefficient (Wildman–Crippen LogP) is 3.63. The summed E-state index contributed by atoms with van der Waals surface area (Å²) in [4.78, 5) is 23.8. The van der Waals surface area contributed by atoms with Crippen molar-refractivity contribution in [1.82, 2.24) is 0 Å². The quantitative estimate of drug-likeness (QED) is 0.528. The fourth-order valence-corrected chi connectivity index (χ4v) is 2.73. The highest BCUT2D eigenvalue weighted by Crippen LogP contribution is 2.27. The third-order valence-corrected chi connectivity index (χ3v) is 4.26. The molecule has 6 heteroatoms. The molecule has 1 heterocycles. The largest absolute Gasteiger partial charge is 0.508 e. The number of phenols is 1. The highest BCUT2D eigenvalue weighted by Gasteiger charge is 2.12. The van der Waals surface area contributed by atoms with Crippen LogP contribution in [0.25, 0.3) is 11.0 Å². The summed E-state index contributed by atoms with van der Waals surface area (Å²) in [5.41, 5.74) is 1.70. The number of benzene rings is 2. The summed E-state index contributed by atoms with van der Waals surface area (Å²) in [7, 11) is 0. The van der Waals surface area contributed by atoms with Crippen molar-refractivity contribution in [3.8, 4) is 11.5 Å². The zero-order valence-corrected chi connectivity index (χ0v) is 15.2. The lowest BCUT2D eigenvalue weighted by atomic mass is 10.1. The molecule has 3 aromatic rings. The second-order valence-electron chi connectivity index (χ2n) is 6.20. The van der Waals surface area contributed by atoms with Gasteiger partial charge in [-0.1, -0.05) is 18.2 Å². The lowest BCUT2D eigenvalue weighted by molar-refractivity contribution is -0.145. The molecule has 0 aliphatic carbocycles. The van der Waals surface area contributed by atoms with Gasteiger partial charge < -0.3 is 19.0 Å². The highest BCUT2D eigenvalue weighted by molar-refractivity contribution is 5.85. The third kappa shape index (κ3) is 4.28. The molecule has 0 fully saturated rings. The van der Waals surface area contributed by atoms with Gasteiger partial charge in [-0.15, -0.1) is 0 Å².